The maximum atomic E-state index is 11.4. The first-order valence-electron chi connectivity index (χ1n) is 5.73. The average molecular weight is 243 g/mol. The van der Waals surface area contributed by atoms with E-state index in [1.165, 1.54) is 0 Å². The second-order valence-electron chi connectivity index (χ2n) is 4.53. The molecule has 0 aliphatic rings. The van der Waals surface area contributed by atoms with Crippen LogP contribution in [0.1, 0.15) is 19.9 Å². The Labute approximate surface area is 102 Å². The van der Waals surface area contributed by atoms with E-state index in [1.54, 1.807) is 6.33 Å². The van der Waals surface area contributed by atoms with Gasteiger partial charge in [-0.2, -0.15) is 4.98 Å². The molecule has 6 heteroatoms. The van der Waals surface area contributed by atoms with Gasteiger partial charge in [-0.25, -0.2) is 9.78 Å². The standard InChI is InChI=1S/C12H13N5O/c1-6(2)17-5-14-10-8(17)4-3-7-9(10)15-12(18)16-11(7)13/h3-6H,1-2H3,(H3,13,15,16,18). The first-order valence-corrected chi connectivity index (χ1v) is 5.73. The fourth-order valence-corrected chi connectivity index (χ4v) is 2.14. The van der Waals surface area contributed by atoms with Crippen molar-refractivity contribution in [2.24, 2.45) is 0 Å². The molecule has 6 nitrogen and oxygen atoms in total. The van der Waals surface area contributed by atoms with E-state index < -0.39 is 5.69 Å². The van der Waals surface area contributed by atoms with Crippen molar-refractivity contribution < 1.29 is 0 Å². The van der Waals surface area contributed by atoms with Crippen LogP contribution in [0.15, 0.2) is 23.3 Å². The molecule has 1 aromatic carbocycles. The molecule has 0 amide bonds. The topological polar surface area (TPSA) is 89.6 Å². The van der Waals surface area contributed by atoms with Gasteiger partial charge in [0.2, 0.25) is 0 Å². The zero-order valence-corrected chi connectivity index (χ0v) is 10.1. The summed E-state index contributed by atoms with van der Waals surface area (Å²) >= 11 is 0. The number of hydrogen-bond acceptors (Lipinski definition) is 4. The van der Waals surface area contributed by atoms with E-state index in [1.807, 2.05) is 16.7 Å². The summed E-state index contributed by atoms with van der Waals surface area (Å²) in [6.07, 6.45) is 1.76. The SMILES string of the molecule is CC(C)n1cnc2c3nc(=O)[nH]c(N)c3ccc21. The molecule has 3 N–H and O–H groups in total. The van der Waals surface area contributed by atoms with Crippen molar-refractivity contribution in [2.45, 2.75) is 19.9 Å². The molecule has 3 rings (SSSR count). The van der Waals surface area contributed by atoms with Crippen LogP contribution in [0.2, 0.25) is 0 Å². The molecular formula is C12H13N5O. The highest BCUT2D eigenvalue weighted by Crippen LogP contribution is 2.25. The number of aromatic nitrogens is 4. The fraction of sp³-hybridized carbons (Fsp3) is 0.250. The summed E-state index contributed by atoms with van der Waals surface area (Å²) in [6, 6.07) is 4.10. The maximum absolute atomic E-state index is 11.4. The largest absolute Gasteiger partial charge is 0.385 e. The molecule has 0 aliphatic heterocycles. The average Bonchev–Trinajstić information content (AvgIpc) is 2.72. The molecule has 92 valence electrons. The summed E-state index contributed by atoms with van der Waals surface area (Å²) in [5, 5.41) is 0.719. The molecule has 0 aliphatic carbocycles. The molecule has 2 aromatic heterocycles. The Hall–Kier alpha value is -2.37. The van der Waals surface area contributed by atoms with Gasteiger partial charge in [-0.1, -0.05) is 0 Å². The van der Waals surface area contributed by atoms with Crippen LogP contribution in [0, 0.1) is 0 Å². The number of benzene rings is 1. The van der Waals surface area contributed by atoms with Gasteiger partial charge in [-0.05, 0) is 26.0 Å². The Kier molecular flexibility index (Phi) is 2.13. The number of nitrogens with zero attached hydrogens (tertiary/aromatic N) is 3. The van der Waals surface area contributed by atoms with Crippen LogP contribution < -0.4 is 11.4 Å². The van der Waals surface area contributed by atoms with Crippen molar-refractivity contribution >= 4 is 27.8 Å². The molecular weight excluding hydrogens is 230 g/mol. The van der Waals surface area contributed by atoms with E-state index in [4.69, 9.17) is 5.73 Å². The van der Waals surface area contributed by atoms with E-state index in [2.05, 4.69) is 28.8 Å². The van der Waals surface area contributed by atoms with Gasteiger partial charge in [-0.3, -0.25) is 4.98 Å². The van der Waals surface area contributed by atoms with Gasteiger partial charge in [0.15, 0.2) is 0 Å². The Bertz CT molecular complexity index is 799. The number of hydrogen-bond donors (Lipinski definition) is 2. The van der Waals surface area contributed by atoms with Crippen LogP contribution in [0.3, 0.4) is 0 Å². The van der Waals surface area contributed by atoms with E-state index in [9.17, 15) is 4.79 Å². The lowest BCUT2D eigenvalue weighted by atomic mass is 10.2. The first-order chi connectivity index (χ1) is 8.58. The van der Waals surface area contributed by atoms with Gasteiger partial charge in [0.05, 0.1) is 11.8 Å². The number of aromatic amines is 1. The number of nitrogens with one attached hydrogen (secondary N) is 1. The lowest BCUT2D eigenvalue weighted by molar-refractivity contribution is 0.617. The zero-order chi connectivity index (χ0) is 12.9. The minimum absolute atomic E-state index is 0.298. The van der Waals surface area contributed by atoms with Gasteiger partial charge in [-0.15, -0.1) is 0 Å². The molecule has 0 saturated carbocycles. The van der Waals surface area contributed by atoms with E-state index in [0.717, 1.165) is 10.9 Å². The Morgan fingerprint density at radius 2 is 2.11 bits per heavy atom. The molecule has 0 atom stereocenters. The number of imidazole rings is 1. The van der Waals surface area contributed by atoms with Crippen molar-refractivity contribution in [3.05, 3.63) is 28.9 Å². The molecule has 0 radical (unpaired) electrons. The number of rotatable bonds is 1. The van der Waals surface area contributed by atoms with Crippen LogP contribution in [0.5, 0.6) is 0 Å². The third-order valence-electron chi connectivity index (χ3n) is 3.02. The molecule has 3 aromatic rings. The van der Waals surface area contributed by atoms with Gasteiger partial charge in [0.25, 0.3) is 0 Å². The molecule has 0 fully saturated rings. The van der Waals surface area contributed by atoms with Crippen LogP contribution in [-0.2, 0) is 0 Å². The van der Waals surface area contributed by atoms with Gasteiger partial charge >= 0.3 is 5.69 Å². The number of fused-ring (bicyclic) bond motifs is 3. The second kappa shape index (κ2) is 3.56. The minimum atomic E-state index is -0.452. The smallest absolute Gasteiger partial charge is 0.347 e. The highest BCUT2D eigenvalue weighted by atomic mass is 16.1. The Morgan fingerprint density at radius 3 is 2.83 bits per heavy atom. The van der Waals surface area contributed by atoms with E-state index in [-0.39, 0.29) is 0 Å². The highest BCUT2D eigenvalue weighted by Gasteiger charge is 2.11. The molecule has 0 spiro atoms. The van der Waals surface area contributed by atoms with Crippen LogP contribution >= 0.6 is 0 Å². The van der Waals surface area contributed by atoms with Crippen LogP contribution in [0.4, 0.5) is 5.82 Å². The normalized spacial score (nSPS) is 11.7. The monoisotopic (exact) mass is 243 g/mol. The molecule has 0 saturated heterocycles. The maximum Gasteiger partial charge on any atom is 0.347 e. The van der Waals surface area contributed by atoms with E-state index in [0.29, 0.717) is 22.9 Å². The lowest BCUT2D eigenvalue weighted by Gasteiger charge is -2.08. The first kappa shape index (κ1) is 10.8. The second-order valence-corrected chi connectivity index (χ2v) is 4.53. The number of nitrogens with two attached hydrogens (primary N) is 1. The van der Waals surface area contributed by atoms with Crippen molar-refractivity contribution in [3.8, 4) is 0 Å². The van der Waals surface area contributed by atoms with Crippen molar-refractivity contribution in [1.29, 1.82) is 0 Å². The van der Waals surface area contributed by atoms with Crippen molar-refractivity contribution in [2.75, 3.05) is 5.73 Å². The summed E-state index contributed by atoms with van der Waals surface area (Å²) in [5.41, 5.74) is 7.54. The molecule has 18 heavy (non-hydrogen) atoms. The Morgan fingerprint density at radius 1 is 1.33 bits per heavy atom. The quantitative estimate of drug-likeness (QED) is 0.676. The van der Waals surface area contributed by atoms with Gasteiger partial charge in [0.1, 0.15) is 16.9 Å². The van der Waals surface area contributed by atoms with Crippen LogP contribution in [-0.4, -0.2) is 19.5 Å². The third kappa shape index (κ3) is 1.38. The van der Waals surface area contributed by atoms with Gasteiger partial charge in [0, 0.05) is 11.4 Å². The molecule has 0 bridgehead atoms. The summed E-state index contributed by atoms with van der Waals surface area (Å²) in [7, 11) is 0. The highest BCUT2D eigenvalue weighted by molar-refractivity contribution is 6.05. The summed E-state index contributed by atoms with van der Waals surface area (Å²) < 4.78 is 2.04. The summed E-state index contributed by atoms with van der Waals surface area (Å²) in [5.74, 6) is 0.325. The number of H-pyrrole nitrogens is 1. The Balaban J connectivity index is 2.51. The summed E-state index contributed by atoms with van der Waals surface area (Å²) in [4.78, 5) is 22.2. The van der Waals surface area contributed by atoms with Crippen molar-refractivity contribution in [3.63, 3.8) is 0 Å². The zero-order valence-electron chi connectivity index (χ0n) is 10.1. The molecule has 0 unspecified atom stereocenters. The van der Waals surface area contributed by atoms with Crippen LogP contribution in [0.25, 0.3) is 21.9 Å². The minimum Gasteiger partial charge on any atom is -0.385 e. The summed E-state index contributed by atoms with van der Waals surface area (Å²) in [6.45, 7) is 4.15. The predicted molar refractivity (Wildman–Crippen MR) is 70.5 cm³/mol. The number of nitrogen functional groups attached to an aromatic ring is 1. The van der Waals surface area contributed by atoms with Crippen molar-refractivity contribution in [1.82, 2.24) is 19.5 Å². The number of anilines is 1. The lowest BCUT2D eigenvalue weighted by Crippen LogP contribution is -2.12. The van der Waals surface area contributed by atoms with Gasteiger partial charge < -0.3 is 10.3 Å². The van der Waals surface area contributed by atoms with E-state index >= 15 is 0 Å². The predicted octanol–water partition coefficient (Wildman–Crippen LogP) is 1.44. The fourth-order valence-electron chi connectivity index (χ4n) is 2.14. The molecule has 2 heterocycles. The third-order valence-corrected chi connectivity index (χ3v) is 3.02.